The lowest BCUT2D eigenvalue weighted by Gasteiger charge is -2.47. The van der Waals surface area contributed by atoms with Crippen LogP contribution >= 0.6 is 0 Å². The van der Waals surface area contributed by atoms with E-state index < -0.39 is 0 Å². The largest absolute Gasteiger partial charge is 0.321 e. The van der Waals surface area contributed by atoms with Gasteiger partial charge in [0.05, 0.1) is 12.1 Å². The van der Waals surface area contributed by atoms with Crippen LogP contribution in [0.25, 0.3) is 10.9 Å². The van der Waals surface area contributed by atoms with Crippen LogP contribution in [0.15, 0.2) is 53.3 Å². The highest BCUT2D eigenvalue weighted by molar-refractivity contribution is 5.83. The van der Waals surface area contributed by atoms with Gasteiger partial charge in [0.15, 0.2) is 5.82 Å². The number of nitrogens with zero attached hydrogens (tertiary/aromatic N) is 5. The predicted octanol–water partition coefficient (Wildman–Crippen LogP) is 5.32. The maximum atomic E-state index is 13.7. The lowest BCUT2D eigenvalue weighted by atomic mass is 9.69. The number of benzene rings is 2. The Labute approximate surface area is 217 Å². The molecule has 1 spiro atoms. The van der Waals surface area contributed by atoms with Crippen LogP contribution in [-0.4, -0.2) is 43.2 Å². The number of likely N-dealkylation sites (tertiary alicyclic amines) is 1. The minimum Gasteiger partial charge on any atom is -0.321 e. The first kappa shape index (κ1) is 24.0. The molecule has 2 aromatic carbocycles. The van der Waals surface area contributed by atoms with Gasteiger partial charge in [-0.05, 0) is 90.6 Å². The molecule has 2 aromatic heterocycles. The molecular formula is C30H36N6O. The minimum absolute atomic E-state index is 0.0537. The lowest BCUT2D eigenvalue weighted by molar-refractivity contribution is 0.0340. The predicted molar refractivity (Wildman–Crippen MR) is 146 cm³/mol. The van der Waals surface area contributed by atoms with Gasteiger partial charge in [-0.1, -0.05) is 61.2 Å². The Balaban J connectivity index is 1.47. The Hall–Kier alpha value is -3.32. The number of aromatic nitrogens is 5. The SMILES string of the molecule is Cc1cc(C)c2[nH]c(=O)c([C@@H](c3nnnn3Cc3ccccc3)N3CCCC4(CCCCC4)C3)cc2c1. The first-order valence-corrected chi connectivity index (χ1v) is 13.7. The number of fused-ring (bicyclic) bond motifs is 1. The van der Waals surface area contributed by atoms with Crippen molar-refractivity contribution in [2.75, 3.05) is 13.1 Å². The van der Waals surface area contributed by atoms with Crippen LogP contribution in [0.1, 0.15) is 79.1 Å². The Morgan fingerprint density at radius 2 is 1.78 bits per heavy atom. The van der Waals surface area contributed by atoms with Gasteiger partial charge in [0, 0.05) is 12.1 Å². The number of aromatic amines is 1. The van der Waals surface area contributed by atoms with Gasteiger partial charge >= 0.3 is 0 Å². The molecule has 0 amide bonds. The van der Waals surface area contributed by atoms with Crippen molar-refractivity contribution < 1.29 is 0 Å². The summed E-state index contributed by atoms with van der Waals surface area (Å²) in [7, 11) is 0. The zero-order valence-electron chi connectivity index (χ0n) is 21.9. The average molecular weight is 497 g/mol. The maximum Gasteiger partial charge on any atom is 0.253 e. The average Bonchev–Trinajstić information content (AvgIpc) is 3.34. The molecule has 1 atom stereocenters. The molecule has 4 aromatic rings. The lowest BCUT2D eigenvalue weighted by Crippen LogP contribution is -2.47. The molecule has 6 rings (SSSR count). The molecule has 2 fully saturated rings. The highest BCUT2D eigenvalue weighted by atomic mass is 16.1. The summed E-state index contributed by atoms with van der Waals surface area (Å²) in [5, 5.41) is 14.1. The van der Waals surface area contributed by atoms with Gasteiger partial charge < -0.3 is 4.98 Å². The summed E-state index contributed by atoms with van der Waals surface area (Å²) in [4.78, 5) is 19.4. The number of H-pyrrole nitrogens is 1. The van der Waals surface area contributed by atoms with Crippen LogP contribution in [-0.2, 0) is 6.54 Å². The van der Waals surface area contributed by atoms with Crippen LogP contribution in [0.2, 0.25) is 0 Å². The minimum atomic E-state index is -0.299. The fourth-order valence-electron chi connectivity index (χ4n) is 6.86. The molecule has 2 aliphatic rings. The highest BCUT2D eigenvalue weighted by Crippen LogP contribution is 2.45. The summed E-state index contributed by atoms with van der Waals surface area (Å²) in [5.74, 6) is 0.742. The molecule has 7 nitrogen and oxygen atoms in total. The van der Waals surface area contributed by atoms with E-state index in [1.165, 1.54) is 44.1 Å². The number of hydrogen-bond acceptors (Lipinski definition) is 5. The van der Waals surface area contributed by atoms with Gasteiger partial charge in [-0.15, -0.1) is 5.10 Å². The van der Waals surface area contributed by atoms with E-state index in [2.05, 4.69) is 69.6 Å². The molecule has 1 aliphatic carbocycles. The van der Waals surface area contributed by atoms with E-state index in [-0.39, 0.29) is 11.6 Å². The second-order valence-electron chi connectivity index (χ2n) is 11.3. The van der Waals surface area contributed by atoms with Gasteiger partial charge in [-0.25, -0.2) is 4.68 Å². The summed E-state index contributed by atoms with van der Waals surface area (Å²) >= 11 is 0. The number of aryl methyl sites for hydroxylation is 2. The van der Waals surface area contributed by atoms with Crippen molar-refractivity contribution in [2.24, 2.45) is 5.41 Å². The molecule has 192 valence electrons. The van der Waals surface area contributed by atoms with Gasteiger partial charge in [0.1, 0.15) is 6.04 Å². The van der Waals surface area contributed by atoms with Crippen molar-refractivity contribution in [1.29, 1.82) is 0 Å². The van der Waals surface area contributed by atoms with Crippen LogP contribution < -0.4 is 5.56 Å². The van der Waals surface area contributed by atoms with Gasteiger partial charge in [-0.2, -0.15) is 0 Å². The van der Waals surface area contributed by atoms with E-state index in [1.807, 2.05) is 22.9 Å². The highest BCUT2D eigenvalue weighted by Gasteiger charge is 2.41. The molecule has 0 bridgehead atoms. The van der Waals surface area contributed by atoms with Crippen LogP contribution in [0.3, 0.4) is 0 Å². The third-order valence-corrected chi connectivity index (χ3v) is 8.57. The number of nitrogens with one attached hydrogen (secondary N) is 1. The summed E-state index contributed by atoms with van der Waals surface area (Å²) in [6, 6.07) is 16.3. The fourth-order valence-corrected chi connectivity index (χ4v) is 6.86. The third-order valence-electron chi connectivity index (χ3n) is 8.57. The number of pyridine rings is 1. The number of piperidine rings is 1. The van der Waals surface area contributed by atoms with Crippen LogP contribution in [0, 0.1) is 19.3 Å². The summed E-state index contributed by atoms with van der Waals surface area (Å²) in [6.07, 6.45) is 8.91. The summed E-state index contributed by atoms with van der Waals surface area (Å²) in [5.41, 5.74) is 5.33. The van der Waals surface area contributed by atoms with E-state index in [9.17, 15) is 4.79 Å². The molecule has 0 radical (unpaired) electrons. The monoisotopic (exact) mass is 496 g/mol. The molecule has 1 N–H and O–H groups in total. The van der Waals surface area contributed by atoms with E-state index in [1.54, 1.807) is 0 Å². The second kappa shape index (κ2) is 9.86. The molecule has 1 aliphatic heterocycles. The molecule has 7 heteroatoms. The quantitative estimate of drug-likeness (QED) is 0.405. The Morgan fingerprint density at radius 3 is 2.59 bits per heavy atom. The summed E-state index contributed by atoms with van der Waals surface area (Å²) < 4.78 is 1.88. The van der Waals surface area contributed by atoms with Crippen molar-refractivity contribution in [3.8, 4) is 0 Å². The van der Waals surface area contributed by atoms with Gasteiger partial charge in [0.25, 0.3) is 5.56 Å². The zero-order chi connectivity index (χ0) is 25.4. The van der Waals surface area contributed by atoms with E-state index in [0.717, 1.165) is 52.9 Å². The molecule has 1 saturated carbocycles. The molecule has 1 saturated heterocycles. The van der Waals surface area contributed by atoms with E-state index >= 15 is 0 Å². The fraction of sp³-hybridized carbons (Fsp3) is 0.467. The molecule has 3 heterocycles. The molecular weight excluding hydrogens is 460 g/mol. The Bertz CT molecular complexity index is 1440. The molecule has 37 heavy (non-hydrogen) atoms. The van der Waals surface area contributed by atoms with Gasteiger partial charge in [-0.3, -0.25) is 9.69 Å². The standard InChI is InChI=1S/C30H36N6O/c1-21-16-22(2)26-24(17-21)18-25(29(37)31-26)27(35-15-9-14-30(20-35)12-7-4-8-13-30)28-32-33-34-36(28)19-23-10-5-3-6-11-23/h3,5-6,10-11,16-18,27H,4,7-9,12-15,19-20H2,1-2H3,(H,31,37)/t27-/m0/s1. The van der Waals surface area contributed by atoms with Crippen LogP contribution in [0.4, 0.5) is 0 Å². The smallest absolute Gasteiger partial charge is 0.253 e. The van der Waals surface area contributed by atoms with Crippen molar-refractivity contribution in [3.63, 3.8) is 0 Å². The van der Waals surface area contributed by atoms with Crippen molar-refractivity contribution >= 4 is 10.9 Å². The first-order chi connectivity index (χ1) is 18.0. The number of tetrazole rings is 1. The molecule has 0 unspecified atom stereocenters. The second-order valence-corrected chi connectivity index (χ2v) is 11.3. The van der Waals surface area contributed by atoms with Crippen molar-refractivity contribution in [3.05, 3.63) is 87.0 Å². The van der Waals surface area contributed by atoms with Crippen molar-refractivity contribution in [2.45, 2.75) is 71.4 Å². The Morgan fingerprint density at radius 1 is 1.00 bits per heavy atom. The first-order valence-electron chi connectivity index (χ1n) is 13.7. The van der Waals surface area contributed by atoms with E-state index in [4.69, 9.17) is 0 Å². The topological polar surface area (TPSA) is 79.7 Å². The summed E-state index contributed by atoms with van der Waals surface area (Å²) in [6.45, 7) is 6.66. The maximum absolute atomic E-state index is 13.7. The normalized spacial score (nSPS) is 18.9. The van der Waals surface area contributed by atoms with E-state index in [0.29, 0.717) is 12.0 Å². The Kier molecular flexibility index (Phi) is 6.41. The number of rotatable bonds is 5. The van der Waals surface area contributed by atoms with Gasteiger partial charge in [0.2, 0.25) is 0 Å². The van der Waals surface area contributed by atoms with Crippen molar-refractivity contribution in [1.82, 2.24) is 30.1 Å². The zero-order valence-corrected chi connectivity index (χ0v) is 21.9. The number of hydrogen-bond donors (Lipinski definition) is 1. The third kappa shape index (κ3) is 4.73. The van der Waals surface area contributed by atoms with Crippen LogP contribution in [0.5, 0.6) is 0 Å².